The van der Waals surface area contributed by atoms with E-state index >= 15 is 0 Å². The number of carbonyl (C=O) groups is 3. The molecule has 0 radical (unpaired) electrons. The molecule has 1 aromatic carbocycles. The SMILES string of the molecule is CC(C)=CCC/C(C)=C/Cc1c(O)c(CC=C(C)C)c2c(c1O)C(=O)C1=CC3CC4C(C)(C)OC(C/C=C(/C)C(=O)OCCCCCCN5CCCC5)(C3=O)C14O2. The maximum atomic E-state index is 15.0. The van der Waals surface area contributed by atoms with E-state index in [-0.39, 0.29) is 53.4 Å². The average Bonchev–Trinajstić information content (AvgIpc) is 3.72. The lowest BCUT2D eigenvalue weighted by Crippen LogP contribution is -2.72. The topological polar surface area (TPSA) is 123 Å². The first kappa shape index (κ1) is 42.7. The van der Waals surface area contributed by atoms with Crippen LogP contribution in [0.5, 0.6) is 17.2 Å². The van der Waals surface area contributed by atoms with Crippen molar-refractivity contribution in [3.63, 3.8) is 0 Å². The van der Waals surface area contributed by atoms with Gasteiger partial charge in [-0.25, -0.2) is 4.79 Å². The van der Waals surface area contributed by atoms with E-state index in [0.717, 1.165) is 56.2 Å². The first-order valence-electron chi connectivity index (χ1n) is 21.3. The quantitative estimate of drug-likeness (QED) is 0.0689. The third-order valence-electron chi connectivity index (χ3n) is 13.0. The Labute approximate surface area is 339 Å². The first-order valence-corrected chi connectivity index (χ1v) is 21.3. The number of rotatable bonds is 17. The molecule has 3 fully saturated rings. The summed E-state index contributed by atoms with van der Waals surface area (Å²) in [5.41, 5.74) is 0.638. The van der Waals surface area contributed by atoms with Gasteiger partial charge in [-0.15, -0.1) is 0 Å². The Bertz CT molecular complexity index is 1910. The van der Waals surface area contributed by atoms with E-state index in [0.29, 0.717) is 29.7 Å². The molecule has 3 aliphatic carbocycles. The fourth-order valence-electron chi connectivity index (χ4n) is 9.87. The summed E-state index contributed by atoms with van der Waals surface area (Å²) in [5, 5.41) is 23.8. The fourth-order valence-corrected chi connectivity index (χ4v) is 9.87. The summed E-state index contributed by atoms with van der Waals surface area (Å²) < 4.78 is 19.6. The summed E-state index contributed by atoms with van der Waals surface area (Å²) in [4.78, 5) is 45.3. The maximum Gasteiger partial charge on any atom is 0.333 e. The van der Waals surface area contributed by atoms with Crippen LogP contribution in [0.25, 0.3) is 0 Å². The van der Waals surface area contributed by atoms with Crippen molar-refractivity contribution in [2.45, 2.75) is 149 Å². The van der Waals surface area contributed by atoms with E-state index < -0.39 is 40.4 Å². The van der Waals surface area contributed by atoms with Crippen molar-refractivity contribution in [2.24, 2.45) is 11.8 Å². The molecule has 310 valence electrons. The van der Waals surface area contributed by atoms with Crippen LogP contribution >= 0.6 is 0 Å². The summed E-state index contributed by atoms with van der Waals surface area (Å²) in [6.45, 7) is 19.5. The van der Waals surface area contributed by atoms with Crippen molar-refractivity contribution in [2.75, 3.05) is 26.2 Å². The highest BCUT2D eigenvalue weighted by atomic mass is 16.6. The van der Waals surface area contributed by atoms with Crippen molar-refractivity contribution in [1.82, 2.24) is 4.90 Å². The van der Waals surface area contributed by atoms with Crippen molar-refractivity contribution in [1.29, 1.82) is 0 Å². The number of ether oxygens (including phenoxy) is 3. The Morgan fingerprint density at radius 3 is 2.28 bits per heavy atom. The second-order valence-corrected chi connectivity index (χ2v) is 18.1. The van der Waals surface area contributed by atoms with Gasteiger partial charge in [0.25, 0.3) is 0 Å². The Morgan fingerprint density at radius 1 is 0.895 bits per heavy atom. The summed E-state index contributed by atoms with van der Waals surface area (Å²) in [6, 6.07) is 0. The average molecular weight is 784 g/mol. The molecule has 9 heteroatoms. The second kappa shape index (κ2) is 17.1. The maximum absolute atomic E-state index is 15.0. The van der Waals surface area contributed by atoms with Crippen LogP contribution in [0.15, 0.2) is 58.2 Å². The van der Waals surface area contributed by atoms with Gasteiger partial charge in [0.05, 0.1) is 12.2 Å². The number of esters is 1. The highest BCUT2D eigenvalue weighted by Crippen LogP contribution is 2.68. The minimum atomic E-state index is -1.62. The number of aromatic hydroxyl groups is 2. The Kier molecular flexibility index (Phi) is 12.8. The molecule has 4 atom stereocenters. The van der Waals surface area contributed by atoms with Gasteiger partial charge in [0, 0.05) is 40.5 Å². The molecule has 1 saturated carbocycles. The van der Waals surface area contributed by atoms with Crippen LogP contribution in [-0.4, -0.2) is 75.7 Å². The number of hydrogen-bond acceptors (Lipinski definition) is 9. The molecule has 1 aromatic rings. The third kappa shape index (κ3) is 8.08. The van der Waals surface area contributed by atoms with Gasteiger partial charge in [-0.05, 0) is 133 Å². The molecule has 3 aliphatic heterocycles. The van der Waals surface area contributed by atoms with Gasteiger partial charge in [-0.1, -0.05) is 59.9 Å². The zero-order valence-electron chi connectivity index (χ0n) is 35.6. The van der Waals surface area contributed by atoms with Gasteiger partial charge < -0.3 is 29.3 Å². The molecule has 4 unspecified atom stereocenters. The lowest BCUT2D eigenvalue weighted by Gasteiger charge is -2.56. The number of hydrogen-bond donors (Lipinski definition) is 2. The number of ketones is 2. The van der Waals surface area contributed by atoms with Crippen LogP contribution in [0.4, 0.5) is 0 Å². The van der Waals surface area contributed by atoms with Crippen molar-refractivity contribution >= 4 is 17.5 Å². The number of unbranched alkanes of at least 4 members (excludes halogenated alkanes) is 3. The lowest BCUT2D eigenvalue weighted by molar-refractivity contribution is -0.171. The Morgan fingerprint density at radius 2 is 1.58 bits per heavy atom. The fraction of sp³-hybridized carbons (Fsp3) is 0.604. The number of phenolic OH excluding ortho intramolecular Hbond substituents is 2. The van der Waals surface area contributed by atoms with Crippen molar-refractivity contribution in [3.8, 4) is 17.2 Å². The minimum absolute atomic E-state index is 0.00415. The number of likely N-dealkylation sites (tertiary alicyclic amines) is 1. The van der Waals surface area contributed by atoms with Crippen LogP contribution < -0.4 is 4.74 Å². The standard InChI is InChI=1S/C48H65NO8/c1-30(2)16-15-17-32(5)19-21-35-40(50)36(20-18-31(3)4)43-39(41(35)51)42(52)37-28-34-29-38-46(7,8)57-47(44(34)53,48(37,38)56-43)23-22-33(6)45(54)55-27-14-10-9-11-24-49-25-12-13-26-49/h16,18-19,22,28,34,38,50-51H,9-15,17,20-21,23-27,29H2,1-8H3/b32-19+,33-22-. The van der Waals surface area contributed by atoms with E-state index in [1.807, 2.05) is 46.8 Å². The van der Waals surface area contributed by atoms with Gasteiger partial charge in [0.2, 0.25) is 0 Å². The molecule has 0 aromatic heterocycles. The van der Waals surface area contributed by atoms with Gasteiger partial charge in [-0.3, -0.25) is 9.59 Å². The minimum Gasteiger partial charge on any atom is -0.507 e. The number of nitrogens with zero attached hydrogens (tertiary/aromatic N) is 1. The molecule has 9 nitrogen and oxygen atoms in total. The largest absolute Gasteiger partial charge is 0.507 e. The van der Waals surface area contributed by atoms with Gasteiger partial charge >= 0.3 is 5.97 Å². The molecular formula is C48H65NO8. The summed E-state index contributed by atoms with van der Waals surface area (Å²) >= 11 is 0. The molecule has 2 N–H and O–H groups in total. The van der Waals surface area contributed by atoms with E-state index in [9.17, 15) is 24.6 Å². The van der Waals surface area contributed by atoms with Crippen LogP contribution in [0, 0.1) is 11.8 Å². The van der Waals surface area contributed by atoms with Gasteiger partial charge in [0.15, 0.2) is 22.8 Å². The van der Waals surface area contributed by atoms with Crippen LogP contribution in [0.2, 0.25) is 0 Å². The monoisotopic (exact) mass is 783 g/mol. The molecule has 6 aliphatic rings. The van der Waals surface area contributed by atoms with E-state index in [2.05, 4.69) is 24.8 Å². The van der Waals surface area contributed by atoms with E-state index in [1.54, 1.807) is 19.1 Å². The molecule has 4 bridgehead atoms. The second-order valence-electron chi connectivity index (χ2n) is 18.1. The summed E-state index contributed by atoms with van der Waals surface area (Å²) in [5.74, 6) is -2.41. The predicted molar refractivity (Wildman–Crippen MR) is 223 cm³/mol. The smallest absolute Gasteiger partial charge is 0.333 e. The first-order chi connectivity index (χ1) is 27.0. The number of phenols is 2. The molecule has 3 heterocycles. The molecule has 0 amide bonds. The number of allylic oxidation sites excluding steroid dienone is 7. The normalized spacial score (nSPS) is 26.1. The zero-order chi connectivity index (χ0) is 41.3. The number of benzene rings is 1. The molecule has 57 heavy (non-hydrogen) atoms. The number of Topliss-reactive ketones (excluding diaryl/α,β-unsaturated/α-hetero) is 2. The number of fused-ring (bicyclic) bond motifs is 1. The van der Waals surface area contributed by atoms with Gasteiger partial charge in [-0.2, -0.15) is 0 Å². The van der Waals surface area contributed by atoms with Crippen LogP contribution in [-0.2, 0) is 31.9 Å². The van der Waals surface area contributed by atoms with E-state index in [1.165, 1.54) is 31.5 Å². The molecular weight excluding hydrogens is 719 g/mol. The van der Waals surface area contributed by atoms with Crippen LogP contribution in [0.1, 0.15) is 141 Å². The lowest BCUT2D eigenvalue weighted by atomic mass is 9.51. The van der Waals surface area contributed by atoms with E-state index in [4.69, 9.17) is 14.2 Å². The Balaban J connectivity index is 1.30. The highest BCUT2D eigenvalue weighted by Gasteiger charge is 2.81. The molecule has 7 rings (SSSR count). The predicted octanol–water partition coefficient (Wildman–Crippen LogP) is 9.38. The highest BCUT2D eigenvalue weighted by molar-refractivity contribution is 6.18. The van der Waals surface area contributed by atoms with Gasteiger partial charge in [0.1, 0.15) is 22.8 Å². The summed E-state index contributed by atoms with van der Waals surface area (Å²) in [6.07, 6.45) is 18.8. The molecule has 1 spiro atoms. The van der Waals surface area contributed by atoms with Crippen molar-refractivity contribution < 1.29 is 38.8 Å². The summed E-state index contributed by atoms with van der Waals surface area (Å²) in [7, 11) is 0. The number of carbonyl (C=O) groups excluding carboxylic acids is 3. The van der Waals surface area contributed by atoms with Crippen molar-refractivity contribution in [3.05, 3.63) is 74.9 Å². The zero-order valence-corrected chi connectivity index (χ0v) is 35.6. The van der Waals surface area contributed by atoms with Crippen LogP contribution in [0.3, 0.4) is 0 Å². The molecule has 2 saturated heterocycles. The third-order valence-corrected chi connectivity index (χ3v) is 13.0. The Hall–Kier alpha value is -3.95.